The fraction of sp³-hybridized carbons (Fsp3) is 0.429. The second kappa shape index (κ2) is 8.49. The van der Waals surface area contributed by atoms with Crippen LogP contribution in [-0.4, -0.2) is 57.4 Å². The van der Waals surface area contributed by atoms with Gasteiger partial charge in [-0.3, -0.25) is 24.6 Å². The van der Waals surface area contributed by atoms with Gasteiger partial charge in [0.25, 0.3) is 11.8 Å². The molecule has 0 aromatic heterocycles. The molecule has 11 heteroatoms. The summed E-state index contributed by atoms with van der Waals surface area (Å²) in [7, 11) is 1.46. The molecule has 204 valence electrons. The Morgan fingerprint density at radius 2 is 1.85 bits per heavy atom. The van der Waals surface area contributed by atoms with Crippen molar-refractivity contribution in [3.63, 3.8) is 0 Å². The lowest BCUT2D eigenvalue weighted by atomic mass is 9.36. The highest BCUT2D eigenvalue weighted by atomic mass is 19.3. The fourth-order valence-corrected chi connectivity index (χ4v) is 6.78. The number of alkyl halides is 2. The van der Waals surface area contributed by atoms with Crippen LogP contribution in [0.2, 0.25) is 0 Å². The van der Waals surface area contributed by atoms with Crippen molar-refractivity contribution >= 4 is 23.8 Å². The first-order valence-corrected chi connectivity index (χ1v) is 12.8. The van der Waals surface area contributed by atoms with Gasteiger partial charge in [0.2, 0.25) is 11.8 Å². The van der Waals surface area contributed by atoms with Gasteiger partial charge in [0, 0.05) is 41.6 Å². The predicted molar refractivity (Wildman–Crippen MR) is 132 cm³/mol. The third kappa shape index (κ3) is 3.70. The molecule has 2 bridgehead atoms. The van der Waals surface area contributed by atoms with Gasteiger partial charge in [-0.2, -0.15) is 0 Å². The molecular formula is C28H27F2N3O6. The number of piperidine rings is 1. The highest BCUT2D eigenvalue weighted by molar-refractivity contribution is 6.05. The molecule has 1 saturated heterocycles. The molecular weight excluding hydrogens is 512 g/mol. The molecule has 1 unspecified atom stereocenters. The van der Waals surface area contributed by atoms with E-state index in [1.54, 1.807) is 18.2 Å². The van der Waals surface area contributed by atoms with E-state index < -0.39 is 34.9 Å². The van der Waals surface area contributed by atoms with Crippen molar-refractivity contribution in [1.82, 2.24) is 15.1 Å². The molecule has 2 N–H and O–H groups in total. The number of benzene rings is 2. The van der Waals surface area contributed by atoms with E-state index in [1.807, 2.05) is 0 Å². The van der Waals surface area contributed by atoms with Gasteiger partial charge in [-0.05, 0) is 67.1 Å². The summed E-state index contributed by atoms with van der Waals surface area (Å²) in [6, 6.07) is 10.0. The lowest BCUT2D eigenvalue weighted by Crippen LogP contribution is -2.79. The summed E-state index contributed by atoms with van der Waals surface area (Å²) in [6.07, 6.45) is -0.644. The third-order valence-electron chi connectivity index (χ3n) is 8.86. The lowest BCUT2D eigenvalue weighted by molar-refractivity contribution is -0.317. The third-order valence-corrected chi connectivity index (χ3v) is 8.86. The van der Waals surface area contributed by atoms with Crippen molar-refractivity contribution in [3.8, 4) is 5.75 Å². The van der Waals surface area contributed by atoms with Gasteiger partial charge in [0.15, 0.2) is 0 Å². The van der Waals surface area contributed by atoms with Crippen molar-refractivity contribution in [2.24, 2.45) is 5.41 Å². The number of ether oxygens (including phenoxy) is 1. The number of nitrogens with zero attached hydrogens (tertiary/aromatic N) is 2. The molecule has 3 aliphatic carbocycles. The molecule has 0 radical (unpaired) electrons. The summed E-state index contributed by atoms with van der Waals surface area (Å²) in [5, 5.41) is 12.3. The zero-order valence-corrected chi connectivity index (χ0v) is 21.2. The van der Waals surface area contributed by atoms with Gasteiger partial charge in [-0.1, -0.05) is 12.1 Å². The predicted octanol–water partition coefficient (Wildman–Crippen LogP) is 3.65. The van der Waals surface area contributed by atoms with E-state index >= 15 is 8.78 Å². The van der Waals surface area contributed by atoms with Gasteiger partial charge in [-0.15, -0.1) is 0 Å². The Hall–Kier alpha value is -4.02. The first kappa shape index (κ1) is 25.3. The zero-order valence-electron chi connectivity index (χ0n) is 21.2. The maximum Gasteiger partial charge on any atom is 0.408 e. The molecule has 7 rings (SSSR count). The zero-order chi connectivity index (χ0) is 27.7. The summed E-state index contributed by atoms with van der Waals surface area (Å²) in [5.74, 6) is -3.85. The molecule has 3 saturated carbocycles. The van der Waals surface area contributed by atoms with Crippen LogP contribution in [0.1, 0.15) is 59.2 Å². The molecule has 5 aliphatic rings. The number of methoxy groups -OCH3 is 1. The number of hydrogen-bond donors (Lipinski definition) is 2. The van der Waals surface area contributed by atoms with E-state index in [4.69, 9.17) is 4.74 Å². The number of imide groups is 1. The Balaban J connectivity index is 1.16. The molecule has 2 aromatic rings. The van der Waals surface area contributed by atoms with Crippen LogP contribution in [0.3, 0.4) is 0 Å². The Bertz CT molecular complexity index is 1390. The molecule has 2 aromatic carbocycles. The fourth-order valence-electron chi connectivity index (χ4n) is 6.78. The second-order valence-electron chi connectivity index (χ2n) is 11.1. The van der Waals surface area contributed by atoms with Crippen LogP contribution in [0.15, 0.2) is 42.5 Å². The van der Waals surface area contributed by atoms with Crippen molar-refractivity contribution < 1.29 is 37.8 Å². The van der Waals surface area contributed by atoms with Crippen LogP contribution in [-0.2, 0) is 28.6 Å². The summed E-state index contributed by atoms with van der Waals surface area (Å²) in [6.45, 7) is 0.175. The number of carboxylic acid groups (broad SMARTS) is 1. The van der Waals surface area contributed by atoms with Crippen LogP contribution >= 0.6 is 0 Å². The highest BCUT2D eigenvalue weighted by Gasteiger charge is 2.80. The van der Waals surface area contributed by atoms with E-state index in [9.17, 15) is 24.3 Å². The van der Waals surface area contributed by atoms with Crippen molar-refractivity contribution in [3.05, 3.63) is 64.7 Å². The van der Waals surface area contributed by atoms with E-state index in [-0.39, 0.29) is 62.6 Å². The SMILES string of the molecule is COc1ccc(C(F)(F)C23CC(N(Cc4ccc5c(c4)C(=O)N(C4CCC(=O)NC4=O)C5)C(=O)O)(C2)C3)cc1. The first-order chi connectivity index (χ1) is 18.5. The molecule has 39 heavy (non-hydrogen) atoms. The normalized spacial score (nSPS) is 27.3. The first-order valence-electron chi connectivity index (χ1n) is 12.8. The Morgan fingerprint density at radius 3 is 2.46 bits per heavy atom. The molecule has 4 fully saturated rings. The van der Waals surface area contributed by atoms with Gasteiger partial charge in [-0.25, -0.2) is 13.6 Å². The second-order valence-corrected chi connectivity index (χ2v) is 11.1. The van der Waals surface area contributed by atoms with Crippen LogP contribution < -0.4 is 10.1 Å². The largest absolute Gasteiger partial charge is 0.497 e. The monoisotopic (exact) mass is 539 g/mol. The number of halogens is 2. The average Bonchev–Trinajstić information content (AvgIpc) is 3.17. The number of fused-ring (bicyclic) bond motifs is 1. The number of hydrogen-bond acceptors (Lipinski definition) is 5. The number of nitrogens with one attached hydrogen (secondary N) is 1. The standard InChI is InChI=1S/C28H27F2N3O6/c1-39-19-6-4-18(5-7-19)28(29,30)26-13-27(14-26,15-26)33(25(37)38)11-16-2-3-17-12-32(24(36)20(17)10-16)21-8-9-22(34)31-23(21)35/h2-7,10,21H,8-9,11-15H2,1H3,(H,37,38)(H,31,34,35). The highest BCUT2D eigenvalue weighted by Crippen LogP contribution is 2.77. The van der Waals surface area contributed by atoms with E-state index in [1.165, 1.54) is 41.2 Å². The Morgan fingerprint density at radius 1 is 1.15 bits per heavy atom. The summed E-state index contributed by atoms with van der Waals surface area (Å²) in [4.78, 5) is 51.8. The van der Waals surface area contributed by atoms with Crippen molar-refractivity contribution in [2.45, 2.75) is 62.7 Å². The van der Waals surface area contributed by atoms with E-state index in [0.717, 1.165) is 0 Å². The van der Waals surface area contributed by atoms with Gasteiger partial charge < -0.3 is 14.7 Å². The molecule has 2 heterocycles. The maximum atomic E-state index is 15.5. The minimum absolute atomic E-state index is 0.0432. The topological polar surface area (TPSA) is 116 Å². The van der Waals surface area contributed by atoms with Crippen molar-refractivity contribution in [1.29, 1.82) is 0 Å². The molecule has 0 spiro atoms. The average molecular weight is 540 g/mol. The van der Waals surface area contributed by atoms with Gasteiger partial charge >= 0.3 is 6.09 Å². The quantitative estimate of drug-likeness (QED) is 0.519. The molecule has 1 atom stereocenters. The molecule has 9 nitrogen and oxygen atoms in total. The number of carbonyl (C=O) groups excluding carboxylic acids is 3. The Labute approximate surface area is 222 Å². The van der Waals surface area contributed by atoms with Gasteiger partial charge in [0.1, 0.15) is 11.8 Å². The Kier molecular flexibility index (Phi) is 5.50. The van der Waals surface area contributed by atoms with Crippen LogP contribution in [0.4, 0.5) is 13.6 Å². The van der Waals surface area contributed by atoms with E-state index in [0.29, 0.717) is 22.4 Å². The lowest BCUT2D eigenvalue weighted by Gasteiger charge is -2.74. The number of amides is 4. The number of rotatable bonds is 7. The molecule has 4 amide bonds. The summed E-state index contributed by atoms with van der Waals surface area (Å²) in [5.41, 5.74) is -0.622. The maximum absolute atomic E-state index is 15.5. The summed E-state index contributed by atoms with van der Waals surface area (Å²) >= 11 is 0. The molecule has 2 aliphatic heterocycles. The minimum atomic E-state index is -3.11. The number of carbonyl (C=O) groups is 4. The summed E-state index contributed by atoms with van der Waals surface area (Å²) < 4.78 is 36.0. The van der Waals surface area contributed by atoms with Crippen molar-refractivity contribution in [2.75, 3.05) is 7.11 Å². The van der Waals surface area contributed by atoms with Crippen LogP contribution in [0, 0.1) is 5.41 Å². The van der Waals surface area contributed by atoms with E-state index in [2.05, 4.69) is 5.32 Å². The smallest absolute Gasteiger partial charge is 0.408 e. The minimum Gasteiger partial charge on any atom is -0.497 e. The van der Waals surface area contributed by atoms with Gasteiger partial charge in [0.05, 0.1) is 7.11 Å². The van der Waals surface area contributed by atoms with Crippen LogP contribution in [0.5, 0.6) is 5.75 Å². The van der Waals surface area contributed by atoms with Crippen LogP contribution in [0.25, 0.3) is 0 Å².